The Morgan fingerprint density at radius 2 is 0.792 bits per heavy atom. The van der Waals surface area contributed by atoms with Crippen LogP contribution < -0.4 is 53.0 Å². The Kier molecular flexibility index (Phi) is 12.1. The van der Waals surface area contributed by atoms with Gasteiger partial charge in [0.05, 0.1) is 14.2 Å². The Balaban J connectivity index is 0.00000625. The molecule has 0 aliphatic heterocycles. The first-order valence-corrected chi connectivity index (χ1v) is 17.4. The van der Waals surface area contributed by atoms with Gasteiger partial charge in [-0.2, -0.15) is 0 Å². The fourth-order valence-electron chi connectivity index (χ4n) is 5.78. The van der Waals surface area contributed by atoms with E-state index in [1.807, 2.05) is 90.1 Å². The van der Waals surface area contributed by atoms with E-state index in [-0.39, 0.29) is 51.9 Å². The molecule has 0 fully saturated rings. The number of phosphoric ester groups is 1. The molecule has 0 saturated carbocycles. The third-order valence-corrected chi connectivity index (χ3v) is 9.90. The van der Waals surface area contributed by atoms with Gasteiger partial charge in [-0.15, -0.1) is 0 Å². The van der Waals surface area contributed by atoms with Gasteiger partial charge in [-0.3, -0.25) is 0 Å². The molecule has 0 N–H and O–H groups in total. The minimum absolute atomic E-state index is 0. The van der Waals surface area contributed by atoms with Gasteiger partial charge in [0, 0.05) is 22.0 Å². The first-order chi connectivity index (χ1) is 21.7. The molecule has 6 nitrogen and oxygen atoms in total. The summed E-state index contributed by atoms with van der Waals surface area (Å²) in [5.74, 6) is 2.08. The minimum Gasteiger partial charge on any atom is -0.736 e. The van der Waals surface area contributed by atoms with Gasteiger partial charge in [-0.25, -0.2) is 4.57 Å². The second kappa shape index (κ2) is 14.6. The molecular formula is C40H50NaO6P. The summed E-state index contributed by atoms with van der Waals surface area (Å²) in [6, 6.07) is 27.4. The van der Waals surface area contributed by atoms with Crippen LogP contribution in [0.5, 0.6) is 23.0 Å². The van der Waals surface area contributed by atoms with Crippen LogP contribution in [-0.2, 0) is 26.2 Å². The smallest absolute Gasteiger partial charge is 0.736 e. The predicted molar refractivity (Wildman–Crippen MR) is 189 cm³/mol. The van der Waals surface area contributed by atoms with Crippen molar-refractivity contribution in [3.05, 3.63) is 118 Å². The maximum atomic E-state index is 13.6. The quantitative estimate of drug-likeness (QED) is 0.134. The second-order valence-corrected chi connectivity index (χ2v) is 16.5. The maximum Gasteiger partial charge on any atom is 1.00 e. The number of hydrogen-bond acceptors (Lipinski definition) is 6. The maximum absolute atomic E-state index is 13.6. The summed E-state index contributed by atoms with van der Waals surface area (Å²) in [5.41, 5.74) is 4.29. The number of methoxy groups -OCH3 is 2. The molecule has 0 aliphatic carbocycles. The standard InChI is InChI=1S/C40H51O6P.Na/c1-37(2,3)33-25-29(39(7,8)27-13-19-31(43-11)20-14-27)17-23-35(33)45-47(41,42)46-36-24-18-30(26-34(36)38(4,5)6)40(9,10)28-15-21-32(44-12)22-16-28;/h13-26H,1-12H3,(H,41,42);/q;+1/p-1. The van der Waals surface area contributed by atoms with E-state index in [0.717, 1.165) is 44.9 Å². The summed E-state index contributed by atoms with van der Waals surface area (Å²) in [7, 11) is -1.55. The van der Waals surface area contributed by atoms with Crippen LogP contribution in [0.2, 0.25) is 0 Å². The van der Waals surface area contributed by atoms with Crippen LogP contribution >= 0.6 is 7.82 Å². The van der Waals surface area contributed by atoms with E-state index >= 15 is 0 Å². The molecule has 0 unspecified atom stereocenters. The van der Waals surface area contributed by atoms with E-state index in [0.29, 0.717) is 0 Å². The van der Waals surface area contributed by atoms with E-state index in [1.165, 1.54) is 0 Å². The van der Waals surface area contributed by atoms with E-state index < -0.39 is 18.7 Å². The van der Waals surface area contributed by atoms with Crippen molar-refractivity contribution in [2.24, 2.45) is 0 Å². The Labute approximate surface area is 310 Å². The average Bonchev–Trinajstić information content (AvgIpc) is 2.99. The molecule has 4 aromatic rings. The van der Waals surface area contributed by atoms with E-state index in [1.54, 1.807) is 26.4 Å². The van der Waals surface area contributed by atoms with Crippen LogP contribution in [0.1, 0.15) is 103 Å². The summed E-state index contributed by atoms with van der Waals surface area (Å²) >= 11 is 0. The number of benzene rings is 4. The monoisotopic (exact) mass is 680 g/mol. The third-order valence-electron chi connectivity index (χ3n) is 9.06. The molecule has 48 heavy (non-hydrogen) atoms. The van der Waals surface area contributed by atoms with Crippen molar-refractivity contribution in [2.75, 3.05) is 14.2 Å². The SMILES string of the molecule is COc1ccc(C(C)(C)c2ccc(OP(=O)([O-])Oc3ccc(C(C)(C)c4ccc(OC)cc4)cc3C(C)(C)C)c(C(C)(C)C)c2)cc1.[Na+]. The normalized spacial score (nSPS) is 12.6. The fraction of sp³-hybridized carbons (Fsp3) is 0.400. The van der Waals surface area contributed by atoms with Crippen LogP contribution in [0.25, 0.3) is 0 Å². The van der Waals surface area contributed by atoms with Crippen molar-refractivity contribution in [2.45, 2.75) is 90.9 Å². The summed E-state index contributed by atoms with van der Waals surface area (Å²) in [6.45, 7) is 20.8. The van der Waals surface area contributed by atoms with Gasteiger partial charge in [0.25, 0.3) is 0 Å². The average molecular weight is 681 g/mol. The van der Waals surface area contributed by atoms with Crippen LogP contribution in [0.3, 0.4) is 0 Å². The summed E-state index contributed by atoms with van der Waals surface area (Å²) < 4.78 is 35.8. The Morgan fingerprint density at radius 3 is 1.06 bits per heavy atom. The van der Waals surface area contributed by atoms with Crippen molar-refractivity contribution in [3.63, 3.8) is 0 Å². The molecule has 0 amide bonds. The van der Waals surface area contributed by atoms with Crippen molar-refractivity contribution in [1.29, 1.82) is 0 Å². The molecule has 0 saturated heterocycles. The Hall–Kier alpha value is -2.73. The van der Waals surface area contributed by atoms with Gasteiger partial charge < -0.3 is 23.4 Å². The number of hydrogen-bond donors (Lipinski definition) is 0. The zero-order chi connectivity index (χ0) is 35.0. The Bertz CT molecular complexity index is 1620. The first-order valence-electron chi connectivity index (χ1n) is 16.0. The number of ether oxygens (including phenoxy) is 2. The number of rotatable bonds is 10. The van der Waals surface area contributed by atoms with Crippen LogP contribution in [0.15, 0.2) is 84.9 Å². The van der Waals surface area contributed by atoms with Crippen LogP contribution in [-0.4, -0.2) is 14.2 Å². The molecule has 0 heterocycles. The summed E-state index contributed by atoms with van der Waals surface area (Å²) in [6.07, 6.45) is 0. The van der Waals surface area contributed by atoms with E-state index in [9.17, 15) is 9.46 Å². The van der Waals surface area contributed by atoms with Gasteiger partial charge in [-0.1, -0.05) is 118 Å². The molecule has 252 valence electrons. The Morgan fingerprint density at radius 1 is 0.500 bits per heavy atom. The van der Waals surface area contributed by atoms with Gasteiger partial charge in [0.15, 0.2) is 0 Å². The minimum atomic E-state index is -4.85. The topological polar surface area (TPSA) is 77.1 Å². The van der Waals surface area contributed by atoms with Gasteiger partial charge in [-0.05, 0) is 69.5 Å². The van der Waals surface area contributed by atoms with Gasteiger partial charge >= 0.3 is 37.4 Å². The molecule has 0 aliphatic rings. The third kappa shape index (κ3) is 8.89. The van der Waals surface area contributed by atoms with E-state index in [4.69, 9.17) is 18.5 Å². The first kappa shape index (κ1) is 39.7. The summed E-state index contributed by atoms with van der Waals surface area (Å²) in [4.78, 5) is 13.6. The zero-order valence-corrected chi connectivity index (χ0v) is 33.9. The van der Waals surface area contributed by atoms with E-state index in [2.05, 4.69) is 52.0 Å². The molecule has 0 aromatic heterocycles. The van der Waals surface area contributed by atoms with Crippen LogP contribution in [0.4, 0.5) is 0 Å². The largest absolute Gasteiger partial charge is 1.00 e. The zero-order valence-electron chi connectivity index (χ0n) is 31.0. The van der Waals surface area contributed by atoms with Gasteiger partial charge in [0.2, 0.25) is 0 Å². The molecular weight excluding hydrogens is 630 g/mol. The van der Waals surface area contributed by atoms with Crippen molar-refractivity contribution >= 4 is 7.82 Å². The second-order valence-electron chi connectivity index (χ2n) is 15.3. The molecule has 0 radical (unpaired) electrons. The molecule has 4 aromatic carbocycles. The van der Waals surface area contributed by atoms with Crippen molar-refractivity contribution < 1.29 is 57.5 Å². The molecule has 0 atom stereocenters. The van der Waals surface area contributed by atoms with Crippen molar-refractivity contribution in [3.8, 4) is 23.0 Å². The number of phosphoric acid groups is 1. The van der Waals surface area contributed by atoms with Crippen molar-refractivity contribution in [1.82, 2.24) is 0 Å². The molecule has 0 spiro atoms. The molecule has 0 bridgehead atoms. The summed E-state index contributed by atoms with van der Waals surface area (Å²) in [5, 5.41) is 0. The molecule has 8 heteroatoms. The molecule has 4 rings (SSSR count). The predicted octanol–water partition coefficient (Wildman–Crippen LogP) is 6.88. The van der Waals surface area contributed by atoms with Crippen LogP contribution in [0, 0.1) is 0 Å². The van der Waals surface area contributed by atoms with Gasteiger partial charge in [0.1, 0.15) is 23.0 Å². The fourth-order valence-corrected chi connectivity index (χ4v) is 6.61.